The number of fused-ring (bicyclic) bond motifs is 2. The fraction of sp³-hybridized carbons (Fsp3) is 0.812. The molecule has 5 fully saturated rings. The van der Waals surface area contributed by atoms with E-state index in [0.717, 1.165) is 12.0 Å². The number of carbonyl (C=O) groups is 1. The molecule has 63 heavy (non-hydrogen) atoms. The van der Waals surface area contributed by atoms with Gasteiger partial charge in [0.05, 0.1) is 61.0 Å². The Hall–Kier alpha value is -2.09. The minimum atomic E-state index is -1.94. The van der Waals surface area contributed by atoms with E-state index in [-0.39, 0.29) is 42.5 Å². The summed E-state index contributed by atoms with van der Waals surface area (Å²) in [5.41, 5.74) is -0.590. The lowest BCUT2D eigenvalue weighted by atomic mass is 9.72. The maximum absolute atomic E-state index is 14.4. The molecule has 0 unspecified atom stereocenters. The second-order valence-electron chi connectivity index (χ2n) is 19.5. The molecule has 5 saturated heterocycles. The first-order valence-corrected chi connectivity index (χ1v) is 23.3. The topological polar surface area (TPSA) is 190 Å². The van der Waals surface area contributed by atoms with Gasteiger partial charge in [-0.05, 0) is 56.6 Å². The number of hydrogen-bond donors (Lipinski definition) is 4. The van der Waals surface area contributed by atoms with Gasteiger partial charge in [0, 0.05) is 51.7 Å². The molecule has 21 atom stereocenters. The Labute approximate surface area is 373 Å². The standard InChI is InChI=1S/C48H74O15/c1-11-24(2)43-28(6)18-37(49)47(63-43)22-33-19-32(62-47)16-15-26(4)42(25(3)13-12-14-31-23-56-45-40(50)27(5)17-34(46(52)59-33)48(31,45)53)60-39-21-36(55-10)44(30(8)58-39)61-38-20-35(54-9)41(51)29(7)57-38/h12-15,17,24-25,27-30,32-33,35-45,49-51,53H,11,16,18-23H2,1-10H3/b13-12+,26-15+,31-14+/t24-,25-,27-,28-,29-,30-,32+,33-,35-,36-,37+,38-,39-,40+,41-,42-,43+,44-,45+,47-,48+/m0/s1. The van der Waals surface area contributed by atoms with Gasteiger partial charge in [-0.2, -0.15) is 0 Å². The minimum Gasteiger partial charge on any atom is -0.459 e. The number of aliphatic hydroxyl groups is 4. The lowest BCUT2D eigenvalue weighted by Gasteiger charge is -2.53. The van der Waals surface area contributed by atoms with Crippen LogP contribution in [0.3, 0.4) is 0 Å². The van der Waals surface area contributed by atoms with Crippen molar-refractivity contribution in [2.75, 3.05) is 20.8 Å². The molecule has 7 rings (SSSR count). The average molecular weight is 891 g/mol. The zero-order chi connectivity index (χ0) is 45.5. The van der Waals surface area contributed by atoms with Gasteiger partial charge in [0.2, 0.25) is 0 Å². The summed E-state index contributed by atoms with van der Waals surface area (Å²) in [7, 11) is 3.20. The van der Waals surface area contributed by atoms with Crippen LogP contribution in [0.5, 0.6) is 0 Å². The summed E-state index contributed by atoms with van der Waals surface area (Å²) in [6, 6.07) is 0. The molecule has 0 radical (unpaired) electrons. The third-order valence-corrected chi connectivity index (χ3v) is 14.9. The molecule has 6 heterocycles. The highest BCUT2D eigenvalue weighted by molar-refractivity contribution is 5.93. The van der Waals surface area contributed by atoms with Crippen LogP contribution in [-0.2, 0) is 52.2 Å². The van der Waals surface area contributed by atoms with Crippen LogP contribution in [0, 0.1) is 23.7 Å². The Morgan fingerprint density at radius 2 is 1.57 bits per heavy atom. The molecule has 7 aliphatic rings. The van der Waals surface area contributed by atoms with Gasteiger partial charge >= 0.3 is 5.97 Å². The number of carbonyl (C=O) groups excluding carboxylic acids is 1. The maximum Gasteiger partial charge on any atom is 0.337 e. The third-order valence-electron chi connectivity index (χ3n) is 14.9. The highest BCUT2D eigenvalue weighted by Gasteiger charge is 2.59. The zero-order valence-electron chi connectivity index (χ0n) is 38.8. The van der Waals surface area contributed by atoms with Crippen LogP contribution in [0.2, 0.25) is 0 Å². The van der Waals surface area contributed by atoms with Crippen LogP contribution in [0.25, 0.3) is 0 Å². The van der Waals surface area contributed by atoms with Crippen molar-refractivity contribution in [2.24, 2.45) is 23.7 Å². The molecule has 0 amide bonds. The van der Waals surface area contributed by atoms with Crippen LogP contribution in [-0.4, -0.2) is 151 Å². The Kier molecular flexibility index (Phi) is 15.5. The molecule has 356 valence electrons. The SMILES string of the molecule is CC[C@H](C)[C@H]1O[C@@]2(C[C@@H]3C[C@@H](C/C=C(\C)[C@@H](O[C@H]4C[C@H](OC)[C@@H](O[C@H]5C[C@H](OC)[C@@H](O)[C@H](C)O5)[C@H](C)O4)[C@@H](C)/C=C/C=C4\CO[C@@H]5[C@H](O)[C@@H](C)C=C(C(=O)O3)[C@]45O)O2)[C@H](O)C[C@@H]1C. The summed E-state index contributed by atoms with van der Waals surface area (Å²) in [6.07, 6.45) is 2.74. The van der Waals surface area contributed by atoms with E-state index >= 15 is 0 Å². The number of allylic oxidation sites excluding steroid dienone is 2. The molecule has 6 aliphatic heterocycles. The molecule has 0 aromatic carbocycles. The quantitative estimate of drug-likeness (QED) is 0.196. The van der Waals surface area contributed by atoms with E-state index in [1.807, 2.05) is 32.9 Å². The highest BCUT2D eigenvalue weighted by Crippen LogP contribution is 2.48. The lowest BCUT2D eigenvalue weighted by Crippen LogP contribution is -2.62. The molecule has 0 aromatic rings. The van der Waals surface area contributed by atoms with Crippen molar-refractivity contribution < 1.29 is 72.6 Å². The molecular formula is C48H74O15. The Morgan fingerprint density at radius 1 is 0.873 bits per heavy atom. The molecule has 1 spiro atoms. The predicted octanol–water partition coefficient (Wildman–Crippen LogP) is 4.57. The van der Waals surface area contributed by atoms with E-state index in [1.54, 1.807) is 40.2 Å². The summed E-state index contributed by atoms with van der Waals surface area (Å²) in [5.74, 6) is -2.59. The fourth-order valence-corrected chi connectivity index (χ4v) is 11.0. The van der Waals surface area contributed by atoms with Gasteiger partial charge in [0.15, 0.2) is 18.4 Å². The van der Waals surface area contributed by atoms with E-state index in [2.05, 4.69) is 26.8 Å². The smallest absolute Gasteiger partial charge is 0.337 e. The highest BCUT2D eigenvalue weighted by atomic mass is 16.7. The van der Waals surface area contributed by atoms with Crippen molar-refractivity contribution >= 4 is 5.97 Å². The van der Waals surface area contributed by atoms with Crippen molar-refractivity contribution in [3.63, 3.8) is 0 Å². The first-order chi connectivity index (χ1) is 29.9. The van der Waals surface area contributed by atoms with Gasteiger partial charge in [0.25, 0.3) is 0 Å². The van der Waals surface area contributed by atoms with Crippen molar-refractivity contribution in [1.82, 2.24) is 0 Å². The number of methoxy groups -OCH3 is 2. The number of hydrogen-bond acceptors (Lipinski definition) is 15. The first kappa shape index (κ1) is 48.8. The summed E-state index contributed by atoms with van der Waals surface area (Å²) >= 11 is 0. The summed E-state index contributed by atoms with van der Waals surface area (Å²) < 4.78 is 63.5. The lowest BCUT2D eigenvalue weighted by molar-refractivity contribution is -0.373. The van der Waals surface area contributed by atoms with E-state index in [4.69, 9.17) is 47.4 Å². The van der Waals surface area contributed by atoms with Gasteiger partial charge in [-0.3, -0.25) is 0 Å². The average Bonchev–Trinajstić information content (AvgIpc) is 3.59. The van der Waals surface area contributed by atoms with Gasteiger partial charge < -0.3 is 67.8 Å². The molecular weight excluding hydrogens is 817 g/mol. The fourth-order valence-electron chi connectivity index (χ4n) is 11.0. The van der Waals surface area contributed by atoms with E-state index < -0.39 is 109 Å². The number of rotatable bonds is 8. The summed E-state index contributed by atoms with van der Waals surface area (Å²) in [6.45, 7) is 15.9. The molecule has 0 saturated carbocycles. The van der Waals surface area contributed by atoms with E-state index in [9.17, 15) is 25.2 Å². The van der Waals surface area contributed by atoms with Gasteiger partial charge in [-0.1, -0.05) is 71.4 Å². The molecule has 2 bridgehead atoms. The zero-order valence-corrected chi connectivity index (χ0v) is 38.8. The Bertz CT molecular complexity index is 1710. The van der Waals surface area contributed by atoms with Crippen LogP contribution < -0.4 is 0 Å². The number of esters is 1. The minimum absolute atomic E-state index is 0.00220. The molecule has 0 aromatic heterocycles. The summed E-state index contributed by atoms with van der Waals surface area (Å²) in [4.78, 5) is 14.4. The third kappa shape index (κ3) is 9.84. The van der Waals surface area contributed by atoms with Gasteiger partial charge in [-0.15, -0.1) is 0 Å². The Balaban J connectivity index is 1.19. The molecule has 15 heteroatoms. The van der Waals surface area contributed by atoms with E-state index in [0.29, 0.717) is 37.7 Å². The van der Waals surface area contributed by atoms with Crippen LogP contribution >= 0.6 is 0 Å². The second kappa shape index (κ2) is 20.0. The van der Waals surface area contributed by atoms with Crippen LogP contribution in [0.15, 0.2) is 47.1 Å². The van der Waals surface area contributed by atoms with Crippen molar-refractivity contribution in [2.45, 2.75) is 204 Å². The van der Waals surface area contributed by atoms with Gasteiger partial charge in [-0.25, -0.2) is 4.79 Å². The molecule has 4 N–H and O–H groups in total. The molecule has 15 nitrogen and oxygen atoms in total. The van der Waals surface area contributed by atoms with E-state index in [1.165, 1.54) is 0 Å². The number of ether oxygens (including phenoxy) is 10. The Morgan fingerprint density at radius 3 is 2.29 bits per heavy atom. The van der Waals surface area contributed by atoms with Gasteiger partial charge in [0.1, 0.15) is 36.1 Å². The predicted molar refractivity (Wildman–Crippen MR) is 229 cm³/mol. The van der Waals surface area contributed by atoms with Crippen molar-refractivity contribution in [3.8, 4) is 0 Å². The number of aliphatic hydroxyl groups excluding tert-OH is 3. The second-order valence-corrected chi connectivity index (χ2v) is 19.5. The van der Waals surface area contributed by atoms with Crippen LogP contribution in [0.1, 0.15) is 100 Å². The first-order valence-electron chi connectivity index (χ1n) is 23.3. The normalized spacial score (nSPS) is 50.0. The van der Waals surface area contributed by atoms with Crippen molar-refractivity contribution in [3.05, 3.63) is 47.1 Å². The van der Waals surface area contributed by atoms with Crippen LogP contribution in [0.4, 0.5) is 0 Å². The monoisotopic (exact) mass is 891 g/mol. The molecule has 1 aliphatic carbocycles. The maximum atomic E-state index is 14.4. The van der Waals surface area contributed by atoms with Crippen molar-refractivity contribution in [1.29, 1.82) is 0 Å². The summed E-state index contributed by atoms with van der Waals surface area (Å²) in [5, 5.41) is 46.0. The largest absolute Gasteiger partial charge is 0.459 e.